The average Bonchev–Trinajstić information content (AvgIpc) is 3.67. The molecule has 0 saturated heterocycles. The molecule has 10 rings (SSSR count). The molecule has 0 N–H and O–H groups in total. The van der Waals surface area contributed by atoms with Crippen LogP contribution in [0.3, 0.4) is 0 Å². The van der Waals surface area contributed by atoms with E-state index in [2.05, 4.69) is 199 Å². The molecule has 2 aromatic heterocycles. The first-order valence-electron chi connectivity index (χ1n) is 19.0. The van der Waals surface area contributed by atoms with Crippen LogP contribution in [0, 0.1) is 5.92 Å². The number of allylic oxidation sites excluding steroid dienone is 2. The fourth-order valence-electron chi connectivity index (χ4n) is 9.02. The Bertz CT molecular complexity index is 2750. The number of hydrogen-bond donors (Lipinski definition) is 0. The van der Waals surface area contributed by atoms with Gasteiger partial charge in [0.15, 0.2) is 0 Å². The molecule has 8 aromatic rings. The Labute approximate surface area is 317 Å². The highest BCUT2D eigenvalue weighted by atomic mass is 15.2. The maximum Gasteiger partial charge on any atom is 0.0585 e. The highest BCUT2D eigenvalue weighted by Gasteiger charge is 2.36. The first-order chi connectivity index (χ1) is 26.5. The Morgan fingerprint density at radius 2 is 1.31 bits per heavy atom. The van der Waals surface area contributed by atoms with Crippen LogP contribution in [-0.4, -0.2) is 15.6 Å². The summed E-state index contributed by atoms with van der Waals surface area (Å²) in [7, 11) is 0. The molecule has 2 aliphatic rings. The molecule has 3 heteroatoms. The van der Waals surface area contributed by atoms with Crippen LogP contribution in [0.15, 0.2) is 182 Å². The summed E-state index contributed by atoms with van der Waals surface area (Å²) < 4.78 is 2.37. The van der Waals surface area contributed by atoms with Gasteiger partial charge in [-0.1, -0.05) is 130 Å². The van der Waals surface area contributed by atoms with E-state index in [-0.39, 0.29) is 17.4 Å². The number of rotatable bonds is 6. The second-order valence-corrected chi connectivity index (χ2v) is 15.3. The first kappa shape index (κ1) is 32.2. The Kier molecular flexibility index (Phi) is 7.52. The van der Waals surface area contributed by atoms with E-state index in [1.807, 2.05) is 18.5 Å². The summed E-state index contributed by atoms with van der Waals surface area (Å²) in [5, 5.41) is 2.52. The van der Waals surface area contributed by atoms with Crippen molar-refractivity contribution in [1.82, 2.24) is 9.55 Å². The zero-order chi connectivity index (χ0) is 36.4. The zero-order valence-corrected chi connectivity index (χ0v) is 30.8. The summed E-state index contributed by atoms with van der Waals surface area (Å²) in [5.41, 5.74) is 16.1. The Morgan fingerprint density at radius 3 is 2.13 bits per heavy atom. The molecule has 54 heavy (non-hydrogen) atoms. The smallest absolute Gasteiger partial charge is 0.0585 e. The standard InChI is InChI=1S/C51H41N3/c1-34-30-36(38-12-11-29-52-33-38)21-27-48(34)53(41-25-26-43-42-15-7-9-17-46(42)51(2,3)47(43)32-41)40-23-19-35(20-24-40)37-22-28-50-45(31-37)44-16-8-10-18-49(44)54(50)39-13-5-4-6-14-39/h4-34,48H,1-3H3. The van der Waals surface area contributed by atoms with Crippen molar-refractivity contribution in [1.29, 1.82) is 0 Å². The third kappa shape index (κ3) is 5.15. The monoisotopic (exact) mass is 695 g/mol. The average molecular weight is 696 g/mol. The minimum Gasteiger partial charge on any atom is -0.334 e. The number of pyridine rings is 1. The fraction of sp³-hybridized carbons (Fsp3) is 0.118. The molecule has 0 bridgehead atoms. The van der Waals surface area contributed by atoms with Crippen LogP contribution in [0.25, 0.3) is 55.3 Å². The highest BCUT2D eigenvalue weighted by Crippen LogP contribution is 2.50. The van der Waals surface area contributed by atoms with Crippen LogP contribution in [-0.2, 0) is 5.41 Å². The topological polar surface area (TPSA) is 21.1 Å². The van der Waals surface area contributed by atoms with E-state index in [9.17, 15) is 0 Å². The minimum absolute atomic E-state index is 0.0822. The molecule has 0 spiro atoms. The highest BCUT2D eigenvalue weighted by molar-refractivity contribution is 6.10. The van der Waals surface area contributed by atoms with Gasteiger partial charge in [0.25, 0.3) is 0 Å². The lowest BCUT2D eigenvalue weighted by molar-refractivity contribution is 0.610. The zero-order valence-electron chi connectivity index (χ0n) is 30.8. The predicted octanol–water partition coefficient (Wildman–Crippen LogP) is 12.9. The van der Waals surface area contributed by atoms with Crippen LogP contribution in [0.1, 0.15) is 37.5 Å². The molecule has 0 radical (unpaired) electrons. The summed E-state index contributed by atoms with van der Waals surface area (Å²) >= 11 is 0. The van der Waals surface area contributed by atoms with E-state index >= 15 is 0 Å². The molecule has 2 unspecified atom stereocenters. The Morgan fingerprint density at radius 1 is 0.593 bits per heavy atom. The summed E-state index contributed by atoms with van der Waals surface area (Å²) in [6.07, 6.45) is 10.8. The van der Waals surface area contributed by atoms with Crippen molar-refractivity contribution in [2.24, 2.45) is 5.92 Å². The quantitative estimate of drug-likeness (QED) is 0.173. The number of nitrogens with zero attached hydrogens (tertiary/aromatic N) is 3. The SMILES string of the molecule is CC1C=C(c2cccnc2)C=CC1N(c1ccc(-c2ccc3c(c2)c2ccccc2n3-c2ccccc2)cc1)c1ccc2c(c1)C(C)(C)c1ccccc1-2. The molecule has 2 atom stereocenters. The van der Waals surface area contributed by atoms with Gasteiger partial charge in [0.1, 0.15) is 0 Å². The number of anilines is 2. The summed E-state index contributed by atoms with van der Waals surface area (Å²) in [5.74, 6) is 0.257. The molecule has 260 valence electrons. The van der Waals surface area contributed by atoms with E-state index in [0.29, 0.717) is 0 Å². The lowest BCUT2D eigenvalue weighted by Gasteiger charge is -2.37. The van der Waals surface area contributed by atoms with Crippen molar-refractivity contribution in [3.05, 3.63) is 199 Å². The maximum absolute atomic E-state index is 4.39. The van der Waals surface area contributed by atoms with Crippen molar-refractivity contribution >= 4 is 38.8 Å². The normalized spacial score (nSPS) is 17.0. The molecule has 0 fully saturated rings. The van der Waals surface area contributed by atoms with Crippen molar-refractivity contribution in [3.8, 4) is 27.9 Å². The molecule has 0 aliphatic heterocycles. The van der Waals surface area contributed by atoms with Gasteiger partial charge >= 0.3 is 0 Å². The van der Waals surface area contributed by atoms with Gasteiger partial charge in [-0.05, 0) is 111 Å². The number of aromatic nitrogens is 2. The van der Waals surface area contributed by atoms with Crippen molar-refractivity contribution in [3.63, 3.8) is 0 Å². The van der Waals surface area contributed by atoms with Gasteiger partial charge in [0, 0.05) is 45.6 Å². The number of fused-ring (bicyclic) bond motifs is 6. The molecule has 3 nitrogen and oxygen atoms in total. The summed E-state index contributed by atoms with van der Waals surface area (Å²) in [6, 6.07) is 55.8. The van der Waals surface area contributed by atoms with E-state index in [4.69, 9.17) is 0 Å². The number of benzene rings is 6. The van der Waals surface area contributed by atoms with Crippen LogP contribution in [0.2, 0.25) is 0 Å². The van der Waals surface area contributed by atoms with Crippen LogP contribution < -0.4 is 4.90 Å². The van der Waals surface area contributed by atoms with Gasteiger partial charge in [-0.25, -0.2) is 0 Å². The Balaban J connectivity index is 1.06. The van der Waals surface area contributed by atoms with E-state index in [1.165, 1.54) is 77.8 Å². The van der Waals surface area contributed by atoms with Crippen molar-refractivity contribution in [2.45, 2.75) is 32.2 Å². The number of para-hydroxylation sites is 2. The molecule has 6 aromatic carbocycles. The molecule has 0 amide bonds. The van der Waals surface area contributed by atoms with Gasteiger partial charge in [-0.2, -0.15) is 0 Å². The maximum atomic E-state index is 4.39. The first-order valence-corrected chi connectivity index (χ1v) is 19.0. The van der Waals surface area contributed by atoms with E-state index in [0.717, 1.165) is 5.56 Å². The van der Waals surface area contributed by atoms with Gasteiger partial charge in [-0.15, -0.1) is 0 Å². The lowest BCUT2D eigenvalue weighted by atomic mass is 9.82. The Hall–Kier alpha value is -6.45. The third-order valence-corrected chi connectivity index (χ3v) is 11.8. The van der Waals surface area contributed by atoms with E-state index in [1.54, 1.807) is 0 Å². The molecular weight excluding hydrogens is 655 g/mol. The van der Waals surface area contributed by atoms with Gasteiger partial charge < -0.3 is 9.47 Å². The van der Waals surface area contributed by atoms with Gasteiger partial charge in [-0.3, -0.25) is 4.98 Å². The summed E-state index contributed by atoms with van der Waals surface area (Å²) in [6.45, 7) is 7.06. The van der Waals surface area contributed by atoms with Crippen LogP contribution in [0.5, 0.6) is 0 Å². The lowest BCUT2D eigenvalue weighted by Crippen LogP contribution is -2.35. The molecule has 0 saturated carbocycles. The van der Waals surface area contributed by atoms with Crippen molar-refractivity contribution < 1.29 is 0 Å². The van der Waals surface area contributed by atoms with Crippen LogP contribution >= 0.6 is 0 Å². The second-order valence-electron chi connectivity index (χ2n) is 15.3. The van der Waals surface area contributed by atoms with Gasteiger partial charge in [0.2, 0.25) is 0 Å². The summed E-state index contributed by atoms with van der Waals surface area (Å²) in [4.78, 5) is 6.93. The number of hydrogen-bond acceptors (Lipinski definition) is 2. The fourth-order valence-corrected chi connectivity index (χ4v) is 9.02. The molecular formula is C51H41N3. The largest absolute Gasteiger partial charge is 0.334 e. The third-order valence-electron chi connectivity index (χ3n) is 11.8. The van der Waals surface area contributed by atoms with Crippen molar-refractivity contribution in [2.75, 3.05) is 4.90 Å². The minimum atomic E-state index is -0.0822. The molecule has 2 heterocycles. The van der Waals surface area contributed by atoms with E-state index < -0.39 is 0 Å². The second kappa shape index (κ2) is 12.6. The van der Waals surface area contributed by atoms with Crippen LogP contribution in [0.4, 0.5) is 11.4 Å². The predicted molar refractivity (Wildman–Crippen MR) is 227 cm³/mol. The van der Waals surface area contributed by atoms with Gasteiger partial charge in [0.05, 0.1) is 17.1 Å². The molecule has 2 aliphatic carbocycles.